The lowest BCUT2D eigenvalue weighted by Crippen LogP contribution is -2.23. The van der Waals surface area contributed by atoms with E-state index in [1.165, 1.54) is 19.2 Å². The normalized spacial score (nSPS) is 11.8. The zero-order valence-electron chi connectivity index (χ0n) is 21.8. The van der Waals surface area contributed by atoms with E-state index in [0.29, 0.717) is 11.3 Å². The van der Waals surface area contributed by atoms with Gasteiger partial charge in [-0.1, -0.05) is 37.6 Å². The second kappa shape index (κ2) is 10.5. The van der Waals surface area contributed by atoms with Gasteiger partial charge in [0.05, 0.1) is 22.7 Å². The molecule has 0 amide bonds. The molecule has 0 saturated heterocycles. The Morgan fingerprint density at radius 1 is 1.08 bits per heavy atom. The number of carbonyl (C=O) groups excluding carboxylic acids is 1. The van der Waals surface area contributed by atoms with Crippen molar-refractivity contribution in [3.8, 4) is 22.6 Å². The molecule has 2 heterocycles. The van der Waals surface area contributed by atoms with Crippen molar-refractivity contribution in [3.05, 3.63) is 77.0 Å². The Morgan fingerprint density at radius 3 is 2.30 bits per heavy atom. The smallest absolute Gasteiger partial charge is 0.338 e. The fraction of sp³-hybridized carbons (Fsp3) is 0.310. The number of halogens is 2. The molecule has 0 aliphatic carbocycles. The van der Waals surface area contributed by atoms with Crippen LogP contribution in [0, 0.1) is 5.82 Å². The number of nitrogens with zero attached hydrogens (tertiary/aromatic N) is 2. The van der Waals surface area contributed by atoms with Crippen LogP contribution >= 0.6 is 11.6 Å². The highest BCUT2D eigenvalue weighted by Crippen LogP contribution is 2.46. The minimum Gasteiger partial charge on any atom is -0.464 e. The van der Waals surface area contributed by atoms with E-state index in [1.807, 2.05) is 37.5 Å². The molecule has 2 aromatic carbocycles. The number of ether oxygens (including phenoxy) is 3. The number of rotatable bonds is 7. The summed E-state index contributed by atoms with van der Waals surface area (Å²) in [5.41, 5.74) is 4.05. The van der Waals surface area contributed by atoms with Gasteiger partial charge >= 0.3 is 5.97 Å². The molecule has 0 fully saturated rings. The Morgan fingerprint density at radius 2 is 1.73 bits per heavy atom. The van der Waals surface area contributed by atoms with E-state index in [0.717, 1.165) is 33.4 Å². The minimum atomic E-state index is -0.597. The van der Waals surface area contributed by atoms with Crippen LogP contribution in [0.25, 0.3) is 27.7 Å². The number of carbonyl (C=O) groups is 1. The lowest BCUT2D eigenvalue weighted by atomic mass is 9.96. The SMILES string of the molecule is COCOc1c(Cl)ncc2c1c(-c1ccc(C(=O)OC(C)(C)C)cc1)c(C(C)C)n2-c1ccc(F)cc1. The van der Waals surface area contributed by atoms with Crippen molar-refractivity contribution in [1.82, 2.24) is 9.55 Å². The van der Waals surface area contributed by atoms with Gasteiger partial charge in [0.25, 0.3) is 0 Å². The van der Waals surface area contributed by atoms with E-state index in [2.05, 4.69) is 18.8 Å². The summed E-state index contributed by atoms with van der Waals surface area (Å²) in [6.45, 7) is 9.64. The number of methoxy groups -OCH3 is 1. The average Bonchev–Trinajstić information content (AvgIpc) is 3.18. The first-order valence-electron chi connectivity index (χ1n) is 12.0. The van der Waals surface area contributed by atoms with Gasteiger partial charge in [-0.2, -0.15) is 0 Å². The van der Waals surface area contributed by atoms with Crippen molar-refractivity contribution < 1.29 is 23.4 Å². The third-order valence-corrected chi connectivity index (χ3v) is 5.99. The van der Waals surface area contributed by atoms with Crippen molar-refractivity contribution in [3.63, 3.8) is 0 Å². The fourth-order valence-electron chi connectivity index (χ4n) is 4.31. The van der Waals surface area contributed by atoms with Crippen LogP contribution in [0.15, 0.2) is 54.7 Å². The van der Waals surface area contributed by atoms with Gasteiger partial charge in [0.15, 0.2) is 17.7 Å². The average molecular weight is 525 g/mol. The number of pyridine rings is 1. The van der Waals surface area contributed by atoms with Crippen LogP contribution in [0.5, 0.6) is 5.75 Å². The molecule has 0 bridgehead atoms. The van der Waals surface area contributed by atoms with Crippen molar-refractivity contribution in [2.24, 2.45) is 0 Å². The summed E-state index contributed by atoms with van der Waals surface area (Å²) < 4.78 is 32.4. The second-order valence-corrected chi connectivity index (χ2v) is 10.4. The van der Waals surface area contributed by atoms with Crippen molar-refractivity contribution in [1.29, 1.82) is 0 Å². The molecule has 6 nitrogen and oxygen atoms in total. The van der Waals surface area contributed by atoms with Gasteiger partial charge in [0.2, 0.25) is 0 Å². The Balaban J connectivity index is 2.01. The molecule has 0 aliphatic rings. The predicted octanol–water partition coefficient (Wildman–Crippen LogP) is 7.55. The molecule has 37 heavy (non-hydrogen) atoms. The fourth-order valence-corrected chi connectivity index (χ4v) is 4.51. The topological polar surface area (TPSA) is 62.6 Å². The highest BCUT2D eigenvalue weighted by molar-refractivity contribution is 6.32. The summed E-state index contributed by atoms with van der Waals surface area (Å²) in [6.07, 6.45) is 1.69. The van der Waals surface area contributed by atoms with Crippen LogP contribution in [0.4, 0.5) is 4.39 Å². The molecule has 8 heteroatoms. The zero-order chi connectivity index (χ0) is 26.9. The first-order valence-corrected chi connectivity index (χ1v) is 12.3. The molecule has 0 N–H and O–H groups in total. The van der Waals surface area contributed by atoms with Gasteiger partial charge in [-0.15, -0.1) is 0 Å². The zero-order valence-corrected chi connectivity index (χ0v) is 22.5. The summed E-state index contributed by atoms with van der Waals surface area (Å²) in [7, 11) is 1.53. The van der Waals surface area contributed by atoms with Gasteiger partial charge in [0, 0.05) is 24.1 Å². The Hall–Kier alpha value is -3.42. The molecule has 0 spiro atoms. The van der Waals surface area contributed by atoms with Crippen molar-refractivity contribution >= 4 is 28.5 Å². The predicted molar refractivity (Wildman–Crippen MR) is 143 cm³/mol. The van der Waals surface area contributed by atoms with E-state index in [1.54, 1.807) is 30.5 Å². The highest BCUT2D eigenvalue weighted by Gasteiger charge is 2.27. The summed E-state index contributed by atoms with van der Waals surface area (Å²) in [4.78, 5) is 17.0. The number of benzene rings is 2. The van der Waals surface area contributed by atoms with Crippen LogP contribution in [0.1, 0.15) is 56.6 Å². The molecule has 4 rings (SSSR count). The van der Waals surface area contributed by atoms with E-state index >= 15 is 0 Å². The first kappa shape index (κ1) is 26.6. The third-order valence-electron chi connectivity index (χ3n) is 5.72. The molecule has 2 aromatic heterocycles. The van der Waals surface area contributed by atoms with Crippen molar-refractivity contribution in [2.75, 3.05) is 13.9 Å². The summed E-state index contributed by atoms with van der Waals surface area (Å²) in [5.74, 6) is -0.287. The van der Waals surface area contributed by atoms with Gasteiger partial charge in [-0.3, -0.25) is 0 Å². The number of fused-ring (bicyclic) bond motifs is 1. The molecule has 4 aromatic rings. The highest BCUT2D eigenvalue weighted by atomic mass is 35.5. The van der Waals surface area contributed by atoms with Crippen LogP contribution in [-0.2, 0) is 9.47 Å². The molecular formula is C29H30ClFN2O4. The molecule has 0 unspecified atom stereocenters. The summed E-state index contributed by atoms with van der Waals surface area (Å²) >= 11 is 6.52. The first-order chi connectivity index (χ1) is 17.5. The van der Waals surface area contributed by atoms with Crippen LogP contribution in [0.2, 0.25) is 5.15 Å². The maximum absolute atomic E-state index is 13.8. The lowest BCUT2D eigenvalue weighted by Gasteiger charge is -2.19. The number of esters is 1. The Labute approximate surface area is 220 Å². The van der Waals surface area contributed by atoms with Gasteiger partial charge in [-0.05, 0) is 68.7 Å². The summed E-state index contributed by atoms with van der Waals surface area (Å²) in [6, 6.07) is 13.5. The number of hydrogen-bond acceptors (Lipinski definition) is 5. The second-order valence-electron chi connectivity index (χ2n) is 10.00. The molecular weight excluding hydrogens is 495 g/mol. The van der Waals surface area contributed by atoms with Crippen LogP contribution in [-0.4, -0.2) is 35.0 Å². The molecule has 0 atom stereocenters. The van der Waals surface area contributed by atoms with E-state index in [9.17, 15) is 9.18 Å². The van der Waals surface area contributed by atoms with E-state index in [-0.39, 0.29) is 23.7 Å². The van der Waals surface area contributed by atoms with Crippen molar-refractivity contribution in [2.45, 2.75) is 46.1 Å². The molecule has 0 radical (unpaired) electrons. The van der Waals surface area contributed by atoms with Gasteiger partial charge in [-0.25, -0.2) is 14.2 Å². The largest absolute Gasteiger partial charge is 0.464 e. The van der Waals surface area contributed by atoms with E-state index < -0.39 is 11.6 Å². The number of aromatic nitrogens is 2. The maximum atomic E-state index is 13.8. The minimum absolute atomic E-state index is 0.0176. The molecule has 194 valence electrons. The van der Waals surface area contributed by atoms with Gasteiger partial charge in [0.1, 0.15) is 11.4 Å². The molecule has 0 aliphatic heterocycles. The maximum Gasteiger partial charge on any atom is 0.338 e. The van der Waals surface area contributed by atoms with E-state index in [4.69, 9.17) is 25.8 Å². The quantitative estimate of drug-likeness (QED) is 0.142. The standard InChI is InChI=1S/C29H30ClFN2O4/c1-17(2)25-23(18-7-9-19(10-8-18)28(34)37-29(3,4)5)24-22(15-32-27(30)26(24)36-16-35-6)33(25)21-13-11-20(31)12-14-21/h7-15,17H,16H2,1-6H3. The third kappa shape index (κ3) is 5.48. The van der Waals surface area contributed by atoms with Crippen LogP contribution in [0.3, 0.4) is 0 Å². The lowest BCUT2D eigenvalue weighted by molar-refractivity contribution is 0.00695. The summed E-state index contributed by atoms with van der Waals surface area (Å²) in [5, 5.41) is 0.942. The monoisotopic (exact) mass is 524 g/mol. The Kier molecular flexibility index (Phi) is 7.57. The van der Waals surface area contributed by atoms with Gasteiger partial charge < -0.3 is 18.8 Å². The number of hydrogen-bond donors (Lipinski definition) is 0. The Bertz CT molecular complexity index is 1420. The van der Waals surface area contributed by atoms with Crippen LogP contribution < -0.4 is 4.74 Å². The molecule has 0 saturated carbocycles.